The first-order chi connectivity index (χ1) is 56.3. The summed E-state index contributed by atoms with van der Waals surface area (Å²) in [5.41, 5.74) is 5.81. The van der Waals surface area contributed by atoms with E-state index in [0.717, 1.165) is 31.5 Å². The number of para-hydroxylation sites is 3. The minimum Gasteiger partial charge on any atom is -0.489 e. The number of ketones is 1. The number of aromatic nitrogens is 7. The Bertz CT molecular complexity index is 5680. The van der Waals surface area contributed by atoms with Gasteiger partial charge in [0.2, 0.25) is 17.8 Å². The number of piperidine rings is 1. The molecule has 12 rings (SSSR count). The van der Waals surface area contributed by atoms with E-state index in [0.29, 0.717) is 104 Å². The largest absolute Gasteiger partial charge is 0.489 e. The summed E-state index contributed by atoms with van der Waals surface area (Å²) in [6.07, 6.45) is 6.67. The zero-order chi connectivity index (χ0) is 86.5. The summed E-state index contributed by atoms with van der Waals surface area (Å²) >= 11 is 32.2. The van der Waals surface area contributed by atoms with Crippen molar-refractivity contribution in [2.24, 2.45) is 11.8 Å². The van der Waals surface area contributed by atoms with Crippen LogP contribution in [0.2, 0.25) is 25.1 Å². The van der Waals surface area contributed by atoms with E-state index in [4.69, 9.17) is 76.7 Å². The fourth-order valence-corrected chi connectivity index (χ4v) is 17.0. The number of nitrogens with zero attached hydrogens (tertiary/aromatic N) is 8. The zero-order valence-electron chi connectivity index (χ0n) is 68.4. The lowest BCUT2D eigenvalue weighted by Crippen LogP contribution is -2.36. The maximum atomic E-state index is 13.5. The van der Waals surface area contributed by atoms with Crippen LogP contribution in [-0.2, 0) is 35.9 Å². The number of aryl methyl sites for hydroxylation is 1. The second-order valence-corrected chi connectivity index (χ2v) is 39.5. The number of carbonyl (C=O) groups is 2. The highest BCUT2D eigenvalue weighted by Crippen LogP contribution is 2.44. The van der Waals surface area contributed by atoms with Crippen LogP contribution in [0, 0.1) is 18.8 Å². The van der Waals surface area contributed by atoms with Gasteiger partial charge in [0.15, 0.2) is 58.5 Å². The Hall–Kier alpha value is -9.67. The predicted octanol–water partition coefficient (Wildman–Crippen LogP) is 18.7. The van der Waals surface area contributed by atoms with Gasteiger partial charge in [-0.25, -0.2) is 40.2 Å². The van der Waals surface area contributed by atoms with E-state index in [1.807, 2.05) is 79.6 Å². The van der Waals surface area contributed by atoms with Gasteiger partial charge in [-0.2, -0.15) is 15.0 Å². The molecular formula is C83H97Cl5N16O12S3. The highest BCUT2D eigenvalue weighted by Gasteiger charge is 2.38. The van der Waals surface area contributed by atoms with Crippen molar-refractivity contribution in [2.45, 2.75) is 158 Å². The Labute approximate surface area is 719 Å². The average Bonchev–Trinajstić information content (AvgIpc) is 1.71. The summed E-state index contributed by atoms with van der Waals surface area (Å²) in [6.45, 7) is 26.0. The average molecular weight is 1780 g/mol. The van der Waals surface area contributed by atoms with Crippen LogP contribution in [0.25, 0.3) is 11.3 Å². The van der Waals surface area contributed by atoms with Gasteiger partial charge in [0.25, 0.3) is 5.91 Å². The van der Waals surface area contributed by atoms with Crippen LogP contribution in [0.3, 0.4) is 0 Å². The highest BCUT2D eigenvalue weighted by atomic mass is 35.5. The molecular weight excluding hydrogens is 1690 g/mol. The van der Waals surface area contributed by atoms with Crippen molar-refractivity contribution in [3.63, 3.8) is 0 Å². The topological polar surface area (TPSA) is 367 Å². The Morgan fingerprint density at radius 3 is 1.31 bits per heavy atom. The van der Waals surface area contributed by atoms with Crippen molar-refractivity contribution in [3.8, 4) is 28.6 Å². The smallest absolute Gasteiger partial charge is 0.252 e. The van der Waals surface area contributed by atoms with E-state index >= 15 is 0 Å². The molecule has 2 aliphatic rings. The van der Waals surface area contributed by atoms with Crippen molar-refractivity contribution >= 4 is 169 Å². The lowest BCUT2D eigenvalue weighted by molar-refractivity contribution is 0.0876. The third-order valence-corrected chi connectivity index (χ3v) is 26.6. The Morgan fingerprint density at radius 2 is 0.924 bits per heavy atom. The van der Waals surface area contributed by atoms with Gasteiger partial charge in [-0.05, 0) is 209 Å². The molecule has 28 nitrogen and oxygen atoms in total. The zero-order valence-corrected chi connectivity index (χ0v) is 74.6. The summed E-state index contributed by atoms with van der Waals surface area (Å²) in [4.78, 5) is 55.1. The molecule has 119 heavy (non-hydrogen) atoms. The van der Waals surface area contributed by atoms with Crippen LogP contribution < -0.4 is 56.7 Å². The summed E-state index contributed by atoms with van der Waals surface area (Å²) in [5, 5.41) is 28.2. The van der Waals surface area contributed by atoms with Gasteiger partial charge in [-0.1, -0.05) is 99.6 Å². The van der Waals surface area contributed by atoms with Crippen LogP contribution in [0.1, 0.15) is 128 Å². The molecule has 36 heteroatoms. The quantitative estimate of drug-likeness (QED) is 0.0207. The van der Waals surface area contributed by atoms with Gasteiger partial charge < -0.3 is 66.2 Å². The Morgan fingerprint density at radius 1 is 0.521 bits per heavy atom. The number of sulfone groups is 3. The van der Waals surface area contributed by atoms with E-state index in [9.17, 15) is 34.8 Å². The predicted molar refractivity (Wildman–Crippen MR) is 472 cm³/mol. The highest BCUT2D eigenvalue weighted by molar-refractivity contribution is 7.92. The van der Waals surface area contributed by atoms with Crippen molar-refractivity contribution in [1.29, 1.82) is 0 Å². The van der Waals surface area contributed by atoms with Crippen LogP contribution in [0.4, 0.5) is 69.4 Å². The number of anilines is 12. The van der Waals surface area contributed by atoms with Gasteiger partial charge >= 0.3 is 0 Å². The first-order valence-corrected chi connectivity index (χ1v) is 45.0. The SMILES string of the molecule is CC(C)Oc1cc(Cl)c(C(=O)NCCN(C)C)cc1Nc1ncc(Cl)c(Nc2ccccc2S(=O)(=O)C(C)C)n1.CC(C)Oc1cc2c(cc1Nc1ncc(Cl)c(Nc3ccccc3S(=O)(=O)C(C)C)n1)C(=O)C([C@@H]1CCCNC1)C2.Cc1cc(-c2cc(Nc3ncc(Cl)c(Nc4ccccc4S(=O)(=O)C(C)C)n3)c(OC(C)C)cc2Cl)on1. The third kappa shape index (κ3) is 23.3. The second kappa shape index (κ2) is 40.1. The Balaban J connectivity index is 0.000000188. The molecule has 1 saturated heterocycles. The standard InChI is InChI=1S/C30H36ClN5O4S.C27H34Cl2N6O4S.C26H27Cl2N5O4S/c1-17(2)40-26-13-20-12-21(19-8-7-11-32-15-19)28(37)22(20)14-25(26)35-30-33-16-23(31)29(36-30)34-24-9-5-6-10-27(24)41(38,39)18(3)4;1-16(2)39-23-14-19(28)18(26(36)30-11-12-35(5)6)13-22(23)33-27-31-15-20(29)25(34-27)32-21-9-7-8-10-24(21)40(37,38)17(3)4;1-14(2)36-23-12-18(27)17(22-10-16(5)33-37-22)11-21(23)31-26-29-13-19(28)25(32-26)30-20-8-6-7-9-24(20)38(34,35)15(3)4/h5-6,9-10,13-14,16-19,21,32H,7-8,11-12,15H2,1-4H3,(H2,33,34,35,36);7-10,13-17H,11-12H2,1-6H3,(H,30,36)(H2,31,32,33,34);6-15H,1-5H3,(H2,29,30,31,32)/t19-,21?;;/m1../s1. The van der Waals surface area contributed by atoms with Crippen LogP contribution in [-0.4, -0.2) is 151 Å². The second-order valence-electron chi connectivity index (χ2n) is 30.0. The molecule has 1 aliphatic carbocycles. The van der Waals surface area contributed by atoms with Gasteiger partial charge in [-0.3, -0.25) is 9.59 Å². The lowest BCUT2D eigenvalue weighted by atomic mass is 9.84. The van der Waals surface area contributed by atoms with E-state index in [1.165, 1.54) is 24.7 Å². The summed E-state index contributed by atoms with van der Waals surface area (Å²) < 4.78 is 101. The maximum Gasteiger partial charge on any atom is 0.252 e. The summed E-state index contributed by atoms with van der Waals surface area (Å²) in [6, 6.07) is 31.9. The van der Waals surface area contributed by atoms with Crippen molar-refractivity contribution in [1.82, 2.24) is 50.6 Å². The van der Waals surface area contributed by atoms with Crippen molar-refractivity contribution in [3.05, 3.63) is 181 Å². The van der Waals surface area contributed by atoms with Crippen LogP contribution in [0.15, 0.2) is 153 Å². The molecule has 1 unspecified atom stereocenters. The van der Waals surface area contributed by atoms with E-state index in [-0.39, 0.29) is 112 Å². The van der Waals surface area contributed by atoms with Crippen molar-refractivity contribution < 1.29 is 53.6 Å². The van der Waals surface area contributed by atoms with Crippen LogP contribution >= 0.6 is 58.0 Å². The molecule has 4 aromatic heterocycles. The monoisotopic (exact) mass is 1780 g/mol. The number of fused-ring (bicyclic) bond motifs is 1. The summed E-state index contributed by atoms with van der Waals surface area (Å²) in [5.74, 6) is 3.27. The number of carbonyl (C=O) groups excluding carboxylic acids is 2. The molecule has 2 atom stereocenters. The molecule has 1 amide bonds. The molecule has 0 spiro atoms. The number of likely N-dealkylation sites (N-methyl/N-ethyl adjacent to an activating group) is 1. The molecule has 8 N–H and O–H groups in total. The van der Waals surface area contributed by atoms with Gasteiger partial charge in [0.05, 0.1) is 123 Å². The first-order valence-electron chi connectivity index (χ1n) is 38.4. The van der Waals surface area contributed by atoms with Gasteiger partial charge in [0.1, 0.15) is 32.3 Å². The molecule has 1 aliphatic heterocycles. The number of rotatable bonds is 30. The maximum absolute atomic E-state index is 13.5. The molecule has 0 saturated carbocycles. The van der Waals surface area contributed by atoms with Gasteiger partial charge in [-0.15, -0.1) is 0 Å². The first kappa shape index (κ1) is 91.6. The molecule has 6 aromatic carbocycles. The van der Waals surface area contributed by atoms with E-state index in [1.54, 1.807) is 139 Å². The number of benzene rings is 6. The number of halogens is 5. The fraction of sp³-hybridized carbons (Fsp3) is 0.361. The van der Waals surface area contributed by atoms with Gasteiger partial charge in [0, 0.05) is 48.3 Å². The third-order valence-electron chi connectivity index (χ3n) is 18.5. The fourth-order valence-electron chi connectivity index (χ4n) is 12.5. The normalized spacial score (nSPS) is 14.2. The number of ether oxygens (including phenoxy) is 3. The van der Waals surface area contributed by atoms with Crippen molar-refractivity contribution in [2.75, 3.05) is 72.2 Å². The number of amides is 1. The molecule has 634 valence electrons. The van der Waals surface area contributed by atoms with Crippen LogP contribution in [0.5, 0.6) is 17.2 Å². The molecule has 10 aromatic rings. The number of hydrogen-bond donors (Lipinski definition) is 8. The lowest BCUT2D eigenvalue weighted by Gasteiger charge is -2.26. The minimum atomic E-state index is -3.58. The molecule has 0 radical (unpaired) electrons. The Kier molecular flexibility index (Phi) is 30.9. The number of hydrogen-bond acceptors (Lipinski definition) is 27. The number of nitrogens with one attached hydrogen (secondary N) is 8. The van der Waals surface area contributed by atoms with E-state index < -0.39 is 45.3 Å². The number of Topliss-reactive ketones (excluding diaryl/α,β-unsaturated/α-hetero) is 1. The summed E-state index contributed by atoms with van der Waals surface area (Å²) in [7, 11) is -6.87. The molecule has 0 bridgehead atoms. The molecule has 1 fully saturated rings. The minimum absolute atomic E-state index is 0.0373. The molecule has 5 heterocycles. The van der Waals surface area contributed by atoms with E-state index in [2.05, 4.69) is 77.6 Å².